The molecule has 21 heavy (non-hydrogen) atoms. The van der Waals surface area contributed by atoms with E-state index in [1.165, 1.54) is 18.4 Å². The average Bonchev–Trinajstić information content (AvgIpc) is 3.31. The summed E-state index contributed by atoms with van der Waals surface area (Å²) in [6.07, 6.45) is 2.48. The quantitative estimate of drug-likeness (QED) is 0.824. The largest absolute Gasteiger partial charge is 0.366 e. The summed E-state index contributed by atoms with van der Waals surface area (Å²) < 4.78 is 1.11. The Morgan fingerprint density at radius 3 is 2.71 bits per heavy atom. The van der Waals surface area contributed by atoms with Crippen LogP contribution in [0.4, 0.5) is 11.8 Å². The lowest BCUT2D eigenvalue weighted by Gasteiger charge is -2.11. The minimum Gasteiger partial charge on any atom is -0.366 e. The Hall–Kier alpha value is -1.62. The number of hydrogen-bond donors (Lipinski definition) is 2. The molecule has 1 aliphatic rings. The molecule has 2 N–H and O–H groups in total. The molecule has 0 amide bonds. The van der Waals surface area contributed by atoms with Crippen molar-refractivity contribution in [3.8, 4) is 0 Å². The van der Waals surface area contributed by atoms with E-state index in [-0.39, 0.29) is 0 Å². The van der Waals surface area contributed by atoms with Crippen molar-refractivity contribution in [1.29, 1.82) is 0 Å². The molecule has 5 heteroatoms. The highest BCUT2D eigenvalue weighted by Crippen LogP contribution is 2.39. The first-order valence-corrected chi connectivity index (χ1v) is 8.15. The lowest BCUT2D eigenvalue weighted by molar-refractivity contribution is 0.966. The minimum absolute atomic E-state index is 0.620. The molecule has 0 bridgehead atoms. The first-order chi connectivity index (χ1) is 10.3. The van der Waals surface area contributed by atoms with Gasteiger partial charge in [0.25, 0.3) is 0 Å². The van der Waals surface area contributed by atoms with Gasteiger partial charge in [0.2, 0.25) is 5.95 Å². The minimum atomic E-state index is 0.620. The molecular weight excluding hydrogens is 328 g/mol. The number of halogens is 1. The Kier molecular flexibility index (Phi) is 4.39. The monoisotopic (exact) mass is 346 g/mol. The number of benzene rings is 1. The molecule has 1 saturated carbocycles. The van der Waals surface area contributed by atoms with E-state index in [4.69, 9.17) is 0 Å². The number of hydrogen-bond acceptors (Lipinski definition) is 4. The van der Waals surface area contributed by atoms with Crippen molar-refractivity contribution in [2.45, 2.75) is 32.2 Å². The standard InChI is InChI=1S/C16H19BrN4/c1-2-18-16-20-14(11-7-8-11)9-15(21-16)19-10-12-5-3-4-6-13(12)17/h3-6,9,11H,2,7-8,10H2,1H3,(H2,18,19,20,21). The molecule has 2 aromatic rings. The zero-order valence-corrected chi connectivity index (χ0v) is 13.7. The van der Waals surface area contributed by atoms with Gasteiger partial charge < -0.3 is 10.6 Å². The number of nitrogens with one attached hydrogen (secondary N) is 2. The third-order valence-corrected chi connectivity index (χ3v) is 4.27. The molecule has 4 nitrogen and oxygen atoms in total. The van der Waals surface area contributed by atoms with Crippen LogP contribution in [0, 0.1) is 0 Å². The Labute approximate surface area is 133 Å². The van der Waals surface area contributed by atoms with Gasteiger partial charge in [0.1, 0.15) is 5.82 Å². The Balaban J connectivity index is 1.76. The Morgan fingerprint density at radius 1 is 1.19 bits per heavy atom. The number of aromatic nitrogens is 2. The molecule has 0 spiro atoms. The summed E-state index contributed by atoms with van der Waals surface area (Å²) in [5, 5.41) is 6.61. The third-order valence-electron chi connectivity index (χ3n) is 3.49. The van der Waals surface area contributed by atoms with E-state index in [2.05, 4.69) is 61.7 Å². The lowest BCUT2D eigenvalue weighted by Crippen LogP contribution is -2.08. The third kappa shape index (κ3) is 3.73. The van der Waals surface area contributed by atoms with E-state index in [0.717, 1.165) is 35.0 Å². The number of anilines is 2. The molecule has 0 atom stereocenters. The van der Waals surface area contributed by atoms with Gasteiger partial charge in [0.05, 0.1) is 5.69 Å². The van der Waals surface area contributed by atoms with E-state index in [1.807, 2.05) is 12.1 Å². The second-order valence-corrected chi connectivity index (χ2v) is 6.11. The van der Waals surface area contributed by atoms with Crippen LogP contribution in [0.1, 0.15) is 36.9 Å². The highest BCUT2D eigenvalue weighted by atomic mass is 79.9. The van der Waals surface area contributed by atoms with Crippen molar-refractivity contribution < 1.29 is 0 Å². The topological polar surface area (TPSA) is 49.8 Å². The summed E-state index contributed by atoms with van der Waals surface area (Å²) in [6, 6.07) is 10.3. The highest BCUT2D eigenvalue weighted by Gasteiger charge is 2.26. The van der Waals surface area contributed by atoms with E-state index in [0.29, 0.717) is 5.92 Å². The Morgan fingerprint density at radius 2 is 2.00 bits per heavy atom. The van der Waals surface area contributed by atoms with Crippen molar-refractivity contribution >= 4 is 27.7 Å². The predicted molar refractivity (Wildman–Crippen MR) is 89.6 cm³/mol. The van der Waals surface area contributed by atoms with Gasteiger partial charge in [0, 0.05) is 29.5 Å². The van der Waals surface area contributed by atoms with Crippen LogP contribution < -0.4 is 10.6 Å². The van der Waals surface area contributed by atoms with Crippen LogP contribution in [0.5, 0.6) is 0 Å². The molecule has 0 radical (unpaired) electrons. The molecule has 1 aromatic heterocycles. The number of nitrogens with zero attached hydrogens (tertiary/aromatic N) is 2. The molecule has 1 aliphatic carbocycles. The van der Waals surface area contributed by atoms with Gasteiger partial charge in [-0.1, -0.05) is 34.1 Å². The maximum Gasteiger partial charge on any atom is 0.224 e. The van der Waals surface area contributed by atoms with Gasteiger partial charge in [0.15, 0.2) is 0 Å². The molecule has 110 valence electrons. The molecule has 0 saturated heterocycles. The summed E-state index contributed by atoms with van der Waals surface area (Å²) in [4.78, 5) is 9.12. The summed E-state index contributed by atoms with van der Waals surface area (Å²) in [6.45, 7) is 3.63. The SMILES string of the molecule is CCNc1nc(NCc2ccccc2Br)cc(C2CC2)n1. The maximum atomic E-state index is 4.59. The first kappa shape index (κ1) is 14.3. The van der Waals surface area contributed by atoms with Gasteiger partial charge in [-0.3, -0.25) is 0 Å². The van der Waals surface area contributed by atoms with Crippen LogP contribution in [0.25, 0.3) is 0 Å². The van der Waals surface area contributed by atoms with Gasteiger partial charge in [-0.05, 0) is 31.4 Å². The molecule has 0 unspecified atom stereocenters. The summed E-state index contributed by atoms with van der Waals surface area (Å²) in [7, 11) is 0. The Bertz CT molecular complexity index is 625. The van der Waals surface area contributed by atoms with Crippen LogP contribution in [-0.2, 0) is 6.54 Å². The summed E-state index contributed by atoms with van der Waals surface area (Å²) in [5.41, 5.74) is 2.37. The van der Waals surface area contributed by atoms with Crippen molar-refractivity contribution in [3.63, 3.8) is 0 Å². The van der Waals surface area contributed by atoms with Crippen molar-refractivity contribution in [2.24, 2.45) is 0 Å². The van der Waals surface area contributed by atoms with Crippen LogP contribution >= 0.6 is 15.9 Å². The van der Waals surface area contributed by atoms with E-state index >= 15 is 0 Å². The first-order valence-electron chi connectivity index (χ1n) is 7.36. The van der Waals surface area contributed by atoms with E-state index < -0.39 is 0 Å². The normalized spacial score (nSPS) is 14.0. The molecule has 1 fully saturated rings. The maximum absolute atomic E-state index is 4.59. The van der Waals surface area contributed by atoms with Crippen LogP contribution in [0.2, 0.25) is 0 Å². The van der Waals surface area contributed by atoms with Crippen LogP contribution in [-0.4, -0.2) is 16.5 Å². The van der Waals surface area contributed by atoms with Crippen molar-refractivity contribution in [2.75, 3.05) is 17.2 Å². The average molecular weight is 347 g/mol. The molecule has 3 rings (SSSR count). The second kappa shape index (κ2) is 6.43. The highest BCUT2D eigenvalue weighted by molar-refractivity contribution is 9.10. The van der Waals surface area contributed by atoms with Crippen LogP contribution in [0.15, 0.2) is 34.8 Å². The molecular formula is C16H19BrN4. The van der Waals surface area contributed by atoms with Gasteiger partial charge in [-0.15, -0.1) is 0 Å². The zero-order chi connectivity index (χ0) is 14.7. The van der Waals surface area contributed by atoms with Crippen molar-refractivity contribution in [3.05, 3.63) is 46.1 Å². The molecule has 0 aliphatic heterocycles. The zero-order valence-electron chi connectivity index (χ0n) is 12.1. The summed E-state index contributed by atoms with van der Waals surface area (Å²) in [5.74, 6) is 2.23. The van der Waals surface area contributed by atoms with E-state index in [9.17, 15) is 0 Å². The van der Waals surface area contributed by atoms with E-state index in [1.54, 1.807) is 0 Å². The van der Waals surface area contributed by atoms with Crippen molar-refractivity contribution in [1.82, 2.24) is 9.97 Å². The van der Waals surface area contributed by atoms with Gasteiger partial charge in [-0.25, -0.2) is 4.98 Å². The fourth-order valence-corrected chi connectivity index (χ4v) is 2.63. The lowest BCUT2D eigenvalue weighted by atomic mass is 10.2. The molecule has 1 heterocycles. The van der Waals surface area contributed by atoms with Gasteiger partial charge >= 0.3 is 0 Å². The van der Waals surface area contributed by atoms with Gasteiger partial charge in [-0.2, -0.15) is 4.98 Å². The fraction of sp³-hybridized carbons (Fsp3) is 0.375. The molecule has 1 aromatic carbocycles. The summed E-state index contributed by atoms with van der Waals surface area (Å²) >= 11 is 3.57. The predicted octanol–water partition coefficient (Wildman–Crippen LogP) is 4.16. The fourth-order valence-electron chi connectivity index (χ4n) is 2.21. The number of rotatable bonds is 6. The second-order valence-electron chi connectivity index (χ2n) is 5.25. The smallest absolute Gasteiger partial charge is 0.224 e. The van der Waals surface area contributed by atoms with Crippen LogP contribution in [0.3, 0.4) is 0 Å².